The lowest BCUT2D eigenvalue weighted by molar-refractivity contribution is 0.594. The van der Waals surface area contributed by atoms with Crippen molar-refractivity contribution in [2.45, 2.75) is 26.2 Å². The van der Waals surface area contributed by atoms with Crippen LogP contribution >= 0.6 is 11.6 Å². The summed E-state index contributed by atoms with van der Waals surface area (Å²) >= 11 is 6.16. The maximum atomic E-state index is 6.16. The minimum atomic E-state index is -0.0204. The summed E-state index contributed by atoms with van der Waals surface area (Å²) in [7, 11) is 0. The Morgan fingerprint density at radius 1 is 1.21 bits per heavy atom. The van der Waals surface area contributed by atoms with Gasteiger partial charge in [-0.1, -0.05) is 32.4 Å². The van der Waals surface area contributed by atoms with E-state index in [1.165, 1.54) is 0 Å². The summed E-state index contributed by atoms with van der Waals surface area (Å²) in [5, 5.41) is 11.5. The Labute approximate surface area is 87.5 Å². The molecule has 0 aliphatic rings. The van der Waals surface area contributed by atoms with Crippen LogP contribution in [0.5, 0.6) is 0 Å². The van der Waals surface area contributed by atoms with Crippen LogP contribution in [0.4, 0.5) is 0 Å². The average Bonchev–Trinajstić information content (AvgIpc) is 2.48. The normalized spacial score (nSPS) is 12.3. The highest BCUT2D eigenvalue weighted by atomic mass is 35.5. The zero-order valence-corrected chi connectivity index (χ0v) is 9.18. The van der Waals surface area contributed by atoms with Crippen LogP contribution in [-0.2, 0) is 5.41 Å². The van der Waals surface area contributed by atoms with E-state index >= 15 is 0 Å². The molecule has 0 saturated heterocycles. The minimum Gasteiger partial charge on any atom is -0.197 e. The van der Waals surface area contributed by atoms with Crippen molar-refractivity contribution in [3.63, 3.8) is 0 Å². The molecule has 0 amide bonds. The lowest BCUT2D eigenvalue weighted by Gasteiger charge is -2.20. The molecule has 1 aromatic heterocycles. The second-order valence-electron chi connectivity index (χ2n) is 4.36. The van der Waals surface area contributed by atoms with Crippen LogP contribution in [0.3, 0.4) is 0 Å². The van der Waals surface area contributed by atoms with Crippen molar-refractivity contribution in [3.05, 3.63) is 22.7 Å². The Morgan fingerprint density at radius 2 is 1.93 bits per heavy atom. The quantitative estimate of drug-likeness (QED) is 0.725. The number of hydrogen-bond donors (Lipinski definition) is 1. The van der Waals surface area contributed by atoms with Gasteiger partial charge in [-0.3, -0.25) is 0 Å². The van der Waals surface area contributed by atoms with E-state index in [0.717, 1.165) is 21.6 Å². The second-order valence-corrected chi connectivity index (χ2v) is 4.77. The largest absolute Gasteiger partial charge is 0.197 e. The first kappa shape index (κ1) is 9.46. The molecule has 0 unspecified atom stereocenters. The van der Waals surface area contributed by atoms with E-state index in [-0.39, 0.29) is 5.41 Å². The SMILES string of the molecule is CC(C)(C)c1c(Cl)ccc2n[nH]nc12. The van der Waals surface area contributed by atoms with E-state index in [1.54, 1.807) is 0 Å². The van der Waals surface area contributed by atoms with Crippen molar-refractivity contribution in [1.82, 2.24) is 15.4 Å². The van der Waals surface area contributed by atoms with Gasteiger partial charge in [0.05, 0.1) is 0 Å². The lowest BCUT2D eigenvalue weighted by Crippen LogP contribution is -2.12. The monoisotopic (exact) mass is 209 g/mol. The highest BCUT2D eigenvalue weighted by Crippen LogP contribution is 2.33. The molecule has 0 fully saturated rings. The Morgan fingerprint density at radius 3 is 2.57 bits per heavy atom. The molecule has 1 aromatic carbocycles. The maximum Gasteiger partial charge on any atom is 0.118 e. The predicted molar refractivity (Wildman–Crippen MR) is 57.6 cm³/mol. The highest BCUT2D eigenvalue weighted by molar-refractivity contribution is 6.32. The van der Waals surface area contributed by atoms with Gasteiger partial charge in [0.2, 0.25) is 0 Å². The van der Waals surface area contributed by atoms with Crippen LogP contribution in [0.2, 0.25) is 5.02 Å². The zero-order chi connectivity index (χ0) is 10.3. The van der Waals surface area contributed by atoms with Gasteiger partial charge in [0.1, 0.15) is 11.0 Å². The molecule has 74 valence electrons. The third kappa shape index (κ3) is 1.38. The predicted octanol–water partition coefficient (Wildman–Crippen LogP) is 2.91. The molecule has 0 aliphatic heterocycles. The summed E-state index contributed by atoms with van der Waals surface area (Å²) in [5.41, 5.74) is 2.75. The molecule has 0 saturated carbocycles. The topological polar surface area (TPSA) is 41.6 Å². The molecule has 14 heavy (non-hydrogen) atoms. The smallest absolute Gasteiger partial charge is 0.118 e. The van der Waals surface area contributed by atoms with Gasteiger partial charge in [0, 0.05) is 10.6 Å². The van der Waals surface area contributed by atoms with Crippen molar-refractivity contribution < 1.29 is 0 Å². The number of halogens is 1. The maximum absolute atomic E-state index is 6.16. The first-order valence-electron chi connectivity index (χ1n) is 4.49. The van der Waals surface area contributed by atoms with E-state index in [9.17, 15) is 0 Å². The summed E-state index contributed by atoms with van der Waals surface area (Å²) in [6.45, 7) is 6.34. The molecular weight excluding hydrogens is 198 g/mol. The first-order chi connectivity index (χ1) is 6.50. The van der Waals surface area contributed by atoms with Crippen LogP contribution in [0.1, 0.15) is 26.3 Å². The fourth-order valence-electron chi connectivity index (χ4n) is 1.60. The summed E-state index contributed by atoms with van der Waals surface area (Å²) in [4.78, 5) is 0. The number of hydrogen-bond acceptors (Lipinski definition) is 2. The Bertz CT molecular complexity index is 468. The Kier molecular flexibility index (Phi) is 2.00. The van der Waals surface area contributed by atoms with Crippen LogP contribution < -0.4 is 0 Å². The molecule has 2 aromatic rings. The molecule has 0 spiro atoms. The van der Waals surface area contributed by atoms with E-state index < -0.39 is 0 Å². The number of benzene rings is 1. The number of aromatic amines is 1. The van der Waals surface area contributed by atoms with Gasteiger partial charge >= 0.3 is 0 Å². The van der Waals surface area contributed by atoms with Crippen molar-refractivity contribution in [2.24, 2.45) is 0 Å². The third-order valence-electron chi connectivity index (χ3n) is 2.19. The Hall–Kier alpha value is -1.09. The molecule has 0 radical (unpaired) electrons. The molecule has 0 atom stereocenters. The minimum absolute atomic E-state index is 0.0204. The van der Waals surface area contributed by atoms with Gasteiger partial charge in [-0.15, -0.1) is 0 Å². The van der Waals surface area contributed by atoms with E-state index in [1.807, 2.05) is 12.1 Å². The van der Waals surface area contributed by atoms with Gasteiger partial charge in [0.15, 0.2) is 0 Å². The number of nitrogens with zero attached hydrogens (tertiary/aromatic N) is 2. The molecule has 1 N–H and O–H groups in total. The van der Waals surface area contributed by atoms with Crippen LogP contribution in [-0.4, -0.2) is 15.4 Å². The summed E-state index contributed by atoms with van der Waals surface area (Å²) in [5.74, 6) is 0. The molecular formula is C10H12ClN3. The van der Waals surface area contributed by atoms with Crippen LogP contribution in [0.25, 0.3) is 11.0 Å². The average molecular weight is 210 g/mol. The third-order valence-corrected chi connectivity index (χ3v) is 2.50. The van der Waals surface area contributed by atoms with Crippen molar-refractivity contribution in [2.75, 3.05) is 0 Å². The summed E-state index contributed by atoms with van der Waals surface area (Å²) in [6, 6.07) is 3.74. The number of rotatable bonds is 0. The number of H-pyrrole nitrogens is 1. The summed E-state index contributed by atoms with van der Waals surface area (Å²) < 4.78 is 0. The van der Waals surface area contributed by atoms with Gasteiger partial charge in [0.25, 0.3) is 0 Å². The van der Waals surface area contributed by atoms with Gasteiger partial charge in [-0.05, 0) is 17.5 Å². The second kappa shape index (κ2) is 2.95. The molecule has 4 heteroatoms. The Balaban J connectivity index is 2.83. The fourth-order valence-corrected chi connectivity index (χ4v) is 2.04. The summed E-state index contributed by atoms with van der Waals surface area (Å²) in [6.07, 6.45) is 0. The number of aromatic nitrogens is 3. The molecule has 0 aliphatic carbocycles. The van der Waals surface area contributed by atoms with Gasteiger partial charge in [-0.2, -0.15) is 15.4 Å². The lowest BCUT2D eigenvalue weighted by atomic mass is 9.86. The zero-order valence-electron chi connectivity index (χ0n) is 8.43. The van der Waals surface area contributed by atoms with Crippen LogP contribution in [0.15, 0.2) is 12.1 Å². The van der Waals surface area contributed by atoms with Gasteiger partial charge in [-0.25, -0.2) is 0 Å². The van der Waals surface area contributed by atoms with Crippen molar-refractivity contribution in [1.29, 1.82) is 0 Å². The van der Waals surface area contributed by atoms with E-state index in [0.29, 0.717) is 0 Å². The fraction of sp³-hybridized carbons (Fsp3) is 0.400. The van der Waals surface area contributed by atoms with E-state index in [2.05, 4.69) is 36.2 Å². The first-order valence-corrected chi connectivity index (χ1v) is 4.87. The molecule has 1 heterocycles. The standard InChI is InChI=1S/C10H12ClN3/c1-10(2,3)8-6(11)4-5-7-9(8)13-14-12-7/h4-5H,1-3H3,(H,12,13,14). The molecule has 3 nitrogen and oxygen atoms in total. The van der Waals surface area contributed by atoms with E-state index in [4.69, 9.17) is 11.6 Å². The highest BCUT2D eigenvalue weighted by Gasteiger charge is 2.22. The van der Waals surface area contributed by atoms with Crippen molar-refractivity contribution in [3.8, 4) is 0 Å². The van der Waals surface area contributed by atoms with Crippen LogP contribution in [0, 0.1) is 0 Å². The molecule has 2 rings (SSSR count). The number of nitrogens with one attached hydrogen (secondary N) is 1. The van der Waals surface area contributed by atoms with Crippen molar-refractivity contribution >= 4 is 22.6 Å². The van der Waals surface area contributed by atoms with Gasteiger partial charge < -0.3 is 0 Å². The number of fused-ring (bicyclic) bond motifs is 1. The molecule has 0 bridgehead atoms.